The number of hydrogen-bond acceptors (Lipinski definition) is 6. The van der Waals surface area contributed by atoms with Gasteiger partial charge in [-0.25, -0.2) is 4.98 Å². The van der Waals surface area contributed by atoms with Crippen LogP contribution < -0.4 is 10.1 Å². The van der Waals surface area contributed by atoms with Crippen molar-refractivity contribution in [1.82, 2.24) is 19.7 Å². The number of aromatic nitrogens is 4. The zero-order valence-corrected chi connectivity index (χ0v) is 20.6. The Labute approximate surface area is 196 Å². The molecule has 6 nitrogen and oxygen atoms in total. The first kappa shape index (κ1) is 22.8. The van der Waals surface area contributed by atoms with Crippen molar-refractivity contribution in [2.45, 2.75) is 84.2 Å². The third kappa shape index (κ3) is 4.82. The van der Waals surface area contributed by atoms with E-state index in [1.54, 1.807) is 22.2 Å². The van der Waals surface area contributed by atoms with Crippen LogP contribution in [0.2, 0.25) is 0 Å². The largest absolute Gasteiger partial charge is 0.474 e. The van der Waals surface area contributed by atoms with Crippen molar-refractivity contribution in [3.8, 4) is 5.88 Å². The Morgan fingerprint density at radius 2 is 2.03 bits per heavy atom. The molecule has 1 fully saturated rings. The molecule has 0 amide bonds. The van der Waals surface area contributed by atoms with Crippen LogP contribution in [-0.4, -0.2) is 25.9 Å². The summed E-state index contributed by atoms with van der Waals surface area (Å²) in [7, 11) is 1.90. The molecule has 5 rings (SSSR count). The number of hydrogen-bond donors (Lipinski definition) is 1. The van der Waals surface area contributed by atoms with Crippen molar-refractivity contribution in [1.29, 1.82) is 0 Å². The molecule has 7 heteroatoms. The fourth-order valence-electron chi connectivity index (χ4n) is 4.82. The Morgan fingerprint density at radius 1 is 1.25 bits per heavy atom. The lowest BCUT2D eigenvalue weighted by Gasteiger charge is -2.23. The molecule has 1 N–H and O–H groups in total. The van der Waals surface area contributed by atoms with Gasteiger partial charge in [-0.1, -0.05) is 25.8 Å². The highest BCUT2D eigenvalue weighted by Gasteiger charge is 2.31. The Morgan fingerprint density at radius 3 is 2.72 bits per heavy atom. The number of nitrogens with one attached hydrogen (secondary N) is 1. The number of anilines is 2. The minimum Gasteiger partial charge on any atom is -0.474 e. The quantitative estimate of drug-likeness (QED) is 0.400. The van der Waals surface area contributed by atoms with Crippen molar-refractivity contribution in [2.75, 3.05) is 5.32 Å². The zero-order chi connectivity index (χ0) is 22.7. The standard InChI is InChI=1S/C23H29N5OS.C2H6.H2/c1-14(2)11-15-9-10-18-19(15)20-21(29-17-7-5-4-6-8-17)26-23(27-22(20)30-18)25-16-12-24-28(3)13-16;1-2;/h12-13,15,17H,1,4-11H2,2-3H3,(H,25,26,27);1-2H3;1H/t15-;;/m1../s1. The molecule has 1 saturated carbocycles. The van der Waals surface area contributed by atoms with Gasteiger partial charge in [-0.3, -0.25) is 4.68 Å². The van der Waals surface area contributed by atoms with Gasteiger partial charge in [0.1, 0.15) is 10.9 Å². The van der Waals surface area contributed by atoms with E-state index in [1.807, 2.05) is 27.1 Å². The highest BCUT2D eigenvalue weighted by atomic mass is 32.1. The van der Waals surface area contributed by atoms with Crippen molar-refractivity contribution in [3.05, 3.63) is 35.0 Å². The molecule has 1 atom stereocenters. The van der Waals surface area contributed by atoms with E-state index >= 15 is 0 Å². The predicted octanol–water partition coefficient (Wildman–Crippen LogP) is 7.15. The van der Waals surface area contributed by atoms with Gasteiger partial charge in [-0.15, -0.1) is 17.9 Å². The van der Waals surface area contributed by atoms with Gasteiger partial charge in [0.25, 0.3) is 0 Å². The minimum atomic E-state index is 0. The molecule has 32 heavy (non-hydrogen) atoms. The second kappa shape index (κ2) is 10.0. The van der Waals surface area contributed by atoms with Crippen LogP contribution in [0.4, 0.5) is 11.6 Å². The normalized spacial score (nSPS) is 18.2. The highest BCUT2D eigenvalue weighted by Crippen LogP contribution is 2.48. The van der Waals surface area contributed by atoms with Crippen molar-refractivity contribution >= 4 is 33.2 Å². The molecular formula is C25H37N5OS. The summed E-state index contributed by atoms with van der Waals surface area (Å²) >= 11 is 1.80. The molecule has 3 aromatic rings. The minimum absolute atomic E-state index is 0. The molecule has 0 spiro atoms. The van der Waals surface area contributed by atoms with Crippen molar-refractivity contribution in [2.24, 2.45) is 7.05 Å². The number of aryl methyl sites for hydroxylation is 2. The summed E-state index contributed by atoms with van der Waals surface area (Å²) in [6, 6.07) is 0. The summed E-state index contributed by atoms with van der Waals surface area (Å²) in [6.07, 6.45) is 13.3. The molecule has 2 aliphatic carbocycles. The molecule has 0 bridgehead atoms. The molecule has 2 aliphatic rings. The second-order valence-electron chi connectivity index (χ2n) is 8.77. The van der Waals surface area contributed by atoms with E-state index in [4.69, 9.17) is 14.7 Å². The Kier molecular flexibility index (Phi) is 7.13. The fourth-order valence-corrected chi connectivity index (χ4v) is 6.09. The van der Waals surface area contributed by atoms with E-state index in [2.05, 4.69) is 23.9 Å². The van der Waals surface area contributed by atoms with Gasteiger partial charge in [0.15, 0.2) is 0 Å². The number of ether oxygens (including phenoxy) is 1. The van der Waals surface area contributed by atoms with E-state index in [0.29, 0.717) is 11.9 Å². The van der Waals surface area contributed by atoms with Gasteiger partial charge in [0, 0.05) is 19.5 Å². The molecule has 0 aromatic carbocycles. The summed E-state index contributed by atoms with van der Waals surface area (Å²) in [5.74, 6) is 1.84. The third-order valence-electron chi connectivity index (χ3n) is 6.15. The number of nitrogens with zero attached hydrogens (tertiary/aromatic N) is 4. The lowest BCUT2D eigenvalue weighted by atomic mass is 9.94. The van der Waals surface area contributed by atoms with Gasteiger partial charge in [0.2, 0.25) is 11.8 Å². The lowest BCUT2D eigenvalue weighted by molar-refractivity contribution is 0.151. The van der Waals surface area contributed by atoms with E-state index in [1.165, 1.54) is 41.7 Å². The highest BCUT2D eigenvalue weighted by molar-refractivity contribution is 7.19. The fraction of sp³-hybridized carbons (Fsp3) is 0.560. The maximum atomic E-state index is 6.56. The SMILES string of the molecule is C=C(C)C[C@H]1CCc2sc3nc(Nc4cnn(C)c4)nc(OC4CCCCC4)c3c21.CC.[HH]. The first-order chi connectivity index (χ1) is 15.6. The molecule has 0 radical (unpaired) electrons. The Balaban J connectivity index is 0.000000994. The summed E-state index contributed by atoms with van der Waals surface area (Å²) < 4.78 is 8.33. The number of rotatable bonds is 6. The van der Waals surface area contributed by atoms with Crippen LogP contribution in [0.15, 0.2) is 24.5 Å². The molecule has 0 unspecified atom stereocenters. The summed E-state index contributed by atoms with van der Waals surface area (Å²) in [5, 5.41) is 8.68. The number of thiophene rings is 1. The smallest absolute Gasteiger partial charge is 0.232 e. The summed E-state index contributed by atoms with van der Waals surface area (Å²) in [6.45, 7) is 10.3. The van der Waals surface area contributed by atoms with E-state index < -0.39 is 0 Å². The Hall–Kier alpha value is -2.41. The van der Waals surface area contributed by atoms with Crippen molar-refractivity contribution in [3.63, 3.8) is 0 Å². The van der Waals surface area contributed by atoms with Crippen LogP contribution in [0.5, 0.6) is 5.88 Å². The van der Waals surface area contributed by atoms with Gasteiger partial charge < -0.3 is 10.1 Å². The molecule has 3 heterocycles. The van der Waals surface area contributed by atoms with E-state index in [9.17, 15) is 0 Å². The number of allylic oxidation sites excluding steroid dienone is 1. The van der Waals surface area contributed by atoms with Gasteiger partial charge >= 0.3 is 0 Å². The summed E-state index contributed by atoms with van der Waals surface area (Å²) in [4.78, 5) is 12.2. The molecular weight excluding hydrogens is 418 g/mol. The summed E-state index contributed by atoms with van der Waals surface area (Å²) in [5.41, 5.74) is 3.53. The average molecular weight is 456 g/mol. The second-order valence-corrected chi connectivity index (χ2v) is 9.86. The predicted molar refractivity (Wildman–Crippen MR) is 135 cm³/mol. The molecule has 0 aliphatic heterocycles. The maximum absolute atomic E-state index is 6.56. The van der Waals surface area contributed by atoms with Crippen LogP contribution in [0.1, 0.15) is 83.5 Å². The molecule has 0 saturated heterocycles. The first-order valence-corrected chi connectivity index (χ1v) is 12.8. The van der Waals surface area contributed by atoms with Gasteiger partial charge in [0.05, 0.1) is 17.3 Å². The number of fused-ring (bicyclic) bond motifs is 3. The first-order valence-electron chi connectivity index (χ1n) is 12.0. The van der Waals surface area contributed by atoms with Crippen LogP contribution in [0, 0.1) is 0 Å². The zero-order valence-electron chi connectivity index (χ0n) is 19.8. The third-order valence-corrected chi connectivity index (χ3v) is 7.31. The lowest BCUT2D eigenvalue weighted by Crippen LogP contribution is -2.20. The van der Waals surface area contributed by atoms with Crippen molar-refractivity contribution < 1.29 is 6.16 Å². The van der Waals surface area contributed by atoms with Gasteiger partial charge in [-0.05, 0) is 63.4 Å². The van der Waals surface area contributed by atoms with Crippen LogP contribution in [0.3, 0.4) is 0 Å². The molecule has 3 aromatic heterocycles. The monoisotopic (exact) mass is 455 g/mol. The Bertz CT molecular complexity index is 1090. The maximum Gasteiger partial charge on any atom is 0.232 e. The average Bonchev–Trinajstić information content (AvgIpc) is 3.46. The van der Waals surface area contributed by atoms with E-state index in [-0.39, 0.29) is 7.53 Å². The van der Waals surface area contributed by atoms with Crippen LogP contribution in [0.25, 0.3) is 10.2 Å². The van der Waals surface area contributed by atoms with E-state index in [0.717, 1.165) is 47.5 Å². The van der Waals surface area contributed by atoms with Crippen LogP contribution >= 0.6 is 11.3 Å². The topological polar surface area (TPSA) is 64.9 Å². The van der Waals surface area contributed by atoms with Crippen LogP contribution in [-0.2, 0) is 13.5 Å². The molecule has 174 valence electrons. The van der Waals surface area contributed by atoms with Gasteiger partial charge in [-0.2, -0.15) is 10.1 Å².